The van der Waals surface area contributed by atoms with Crippen molar-refractivity contribution < 1.29 is 9.47 Å². The number of unbranched alkanes of at least 4 members (excludes halogenated alkanes) is 1. The van der Waals surface area contributed by atoms with Crippen LogP contribution in [0.2, 0.25) is 0 Å². The molecule has 0 aromatic heterocycles. The van der Waals surface area contributed by atoms with Gasteiger partial charge < -0.3 is 20.1 Å². The molecule has 0 radical (unpaired) electrons. The Hall–Kier alpha value is -0.860. The van der Waals surface area contributed by atoms with Crippen molar-refractivity contribution >= 4 is 29.9 Å². The lowest BCUT2D eigenvalue weighted by molar-refractivity contribution is -0.0835. The Bertz CT molecular complexity index is 590. The van der Waals surface area contributed by atoms with Gasteiger partial charge in [-0.1, -0.05) is 51.1 Å². The molecule has 0 aliphatic carbocycles. The van der Waals surface area contributed by atoms with Gasteiger partial charge in [0, 0.05) is 39.3 Å². The molecule has 2 rings (SSSR count). The number of nitrogens with one attached hydrogen (secondary N) is 2. The van der Waals surface area contributed by atoms with Crippen LogP contribution in [0, 0.1) is 11.3 Å². The van der Waals surface area contributed by atoms with E-state index in [0.29, 0.717) is 12.0 Å². The number of guanidine groups is 1. The normalized spacial score (nSPS) is 19.8. The molecule has 1 fully saturated rings. The Balaban J connectivity index is 0.00000450. The Morgan fingerprint density at radius 2 is 1.90 bits per heavy atom. The van der Waals surface area contributed by atoms with Crippen molar-refractivity contribution in [3.05, 3.63) is 35.9 Å². The Labute approximate surface area is 200 Å². The van der Waals surface area contributed by atoms with Gasteiger partial charge in [-0.05, 0) is 43.1 Å². The highest BCUT2D eigenvalue weighted by atomic mass is 127. The third-order valence-electron chi connectivity index (χ3n) is 5.44. The van der Waals surface area contributed by atoms with E-state index >= 15 is 0 Å². The number of nitrogens with zero attached hydrogens (tertiary/aromatic N) is 1. The molecule has 1 aliphatic heterocycles. The van der Waals surface area contributed by atoms with Crippen LogP contribution in [0.15, 0.2) is 35.3 Å². The van der Waals surface area contributed by atoms with E-state index in [1.807, 2.05) is 13.1 Å². The van der Waals surface area contributed by atoms with E-state index < -0.39 is 0 Å². The van der Waals surface area contributed by atoms with Crippen LogP contribution in [-0.2, 0) is 15.9 Å². The van der Waals surface area contributed by atoms with Gasteiger partial charge in [-0.15, -0.1) is 24.0 Å². The SMILES string of the molecule is CN=C(NCCCCOCCc1ccccc1)NCC1CCCOC1C(C)(C)C.I. The number of benzene rings is 1. The first-order chi connectivity index (χ1) is 14.0. The molecule has 1 aromatic carbocycles. The second-order valence-electron chi connectivity index (χ2n) is 8.99. The molecular weight excluding hydrogens is 489 g/mol. The minimum Gasteiger partial charge on any atom is -0.381 e. The van der Waals surface area contributed by atoms with Gasteiger partial charge in [-0.25, -0.2) is 0 Å². The summed E-state index contributed by atoms with van der Waals surface area (Å²) < 4.78 is 11.8. The van der Waals surface area contributed by atoms with E-state index in [9.17, 15) is 0 Å². The van der Waals surface area contributed by atoms with Crippen LogP contribution in [-0.4, -0.2) is 52.0 Å². The number of hydrogen-bond acceptors (Lipinski definition) is 3. The Morgan fingerprint density at radius 1 is 1.13 bits per heavy atom. The lowest BCUT2D eigenvalue weighted by Gasteiger charge is -2.40. The molecule has 5 nitrogen and oxygen atoms in total. The number of aliphatic imine (C=N–C) groups is 1. The fourth-order valence-corrected chi connectivity index (χ4v) is 3.93. The topological polar surface area (TPSA) is 54.9 Å². The lowest BCUT2D eigenvalue weighted by atomic mass is 9.78. The quantitative estimate of drug-likeness (QED) is 0.200. The first kappa shape index (κ1) is 27.2. The van der Waals surface area contributed by atoms with Crippen molar-refractivity contribution in [1.29, 1.82) is 0 Å². The summed E-state index contributed by atoms with van der Waals surface area (Å²) in [6.07, 6.45) is 5.78. The molecule has 0 saturated carbocycles. The average Bonchev–Trinajstić information content (AvgIpc) is 2.72. The Kier molecular flexibility index (Phi) is 13.6. The summed E-state index contributed by atoms with van der Waals surface area (Å²) in [6.45, 7) is 11.1. The third-order valence-corrected chi connectivity index (χ3v) is 5.44. The first-order valence-electron chi connectivity index (χ1n) is 11.2. The fraction of sp³-hybridized carbons (Fsp3) is 0.708. The number of halogens is 1. The molecule has 0 bridgehead atoms. The predicted octanol–water partition coefficient (Wildman–Crippen LogP) is 4.65. The molecule has 0 amide bonds. The molecule has 0 spiro atoms. The summed E-state index contributed by atoms with van der Waals surface area (Å²) in [5.74, 6) is 1.41. The van der Waals surface area contributed by atoms with Crippen molar-refractivity contribution in [3.63, 3.8) is 0 Å². The van der Waals surface area contributed by atoms with Gasteiger partial charge in [-0.2, -0.15) is 0 Å². The summed E-state index contributed by atoms with van der Waals surface area (Å²) in [6, 6.07) is 10.5. The van der Waals surface area contributed by atoms with Crippen LogP contribution in [0.5, 0.6) is 0 Å². The first-order valence-corrected chi connectivity index (χ1v) is 11.2. The van der Waals surface area contributed by atoms with E-state index in [1.165, 1.54) is 12.0 Å². The summed E-state index contributed by atoms with van der Waals surface area (Å²) >= 11 is 0. The smallest absolute Gasteiger partial charge is 0.190 e. The predicted molar refractivity (Wildman–Crippen MR) is 137 cm³/mol. The molecule has 1 aliphatic rings. The van der Waals surface area contributed by atoms with E-state index in [1.54, 1.807) is 0 Å². The van der Waals surface area contributed by atoms with Crippen LogP contribution >= 0.6 is 24.0 Å². The third kappa shape index (κ3) is 10.4. The molecule has 30 heavy (non-hydrogen) atoms. The molecule has 1 heterocycles. The molecule has 2 atom stereocenters. The van der Waals surface area contributed by atoms with E-state index in [4.69, 9.17) is 9.47 Å². The maximum atomic E-state index is 6.08. The van der Waals surface area contributed by atoms with E-state index in [2.05, 4.69) is 60.7 Å². The molecular formula is C24H42IN3O2. The molecule has 6 heteroatoms. The minimum absolute atomic E-state index is 0. The highest BCUT2D eigenvalue weighted by molar-refractivity contribution is 14.0. The standard InChI is InChI=1S/C24H41N3O2.HI/c1-24(2,3)22-21(13-10-17-29-22)19-27-23(25-4)26-15-8-9-16-28-18-14-20-11-6-5-7-12-20;/h5-7,11-12,21-22H,8-10,13-19H2,1-4H3,(H2,25,26,27);1H. The van der Waals surface area contributed by atoms with Gasteiger partial charge in [0.05, 0.1) is 12.7 Å². The van der Waals surface area contributed by atoms with Crippen molar-refractivity contribution in [1.82, 2.24) is 10.6 Å². The number of hydrogen-bond donors (Lipinski definition) is 2. The largest absolute Gasteiger partial charge is 0.381 e. The van der Waals surface area contributed by atoms with Crippen molar-refractivity contribution in [3.8, 4) is 0 Å². The maximum absolute atomic E-state index is 6.08. The second kappa shape index (κ2) is 15.0. The van der Waals surface area contributed by atoms with Gasteiger partial charge in [0.1, 0.15) is 0 Å². The molecule has 172 valence electrons. The van der Waals surface area contributed by atoms with Gasteiger partial charge in [0.15, 0.2) is 5.96 Å². The fourth-order valence-electron chi connectivity index (χ4n) is 3.93. The second-order valence-corrected chi connectivity index (χ2v) is 8.99. The summed E-state index contributed by atoms with van der Waals surface area (Å²) in [7, 11) is 1.83. The van der Waals surface area contributed by atoms with Gasteiger partial charge in [0.2, 0.25) is 0 Å². The van der Waals surface area contributed by atoms with Gasteiger partial charge in [0.25, 0.3) is 0 Å². The lowest BCUT2D eigenvalue weighted by Crippen LogP contribution is -2.47. The average molecular weight is 532 g/mol. The van der Waals surface area contributed by atoms with Crippen molar-refractivity contribution in [2.45, 2.75) is 59.0 Å². The highest BCUT2D eigenvalue weighted by Crippen LogP contribution is 2.33. The van der Waals surface area contributed by atoms with Crippen molar-refractivity contribution in [2.24, 2.45) is 16.3 Å². The highest BCUT2D eigenvalue weighted by Gasteiger charge is 2.35. The van der Waals surface area contributed by atoms with Gasteiger partial charge in [-0.3, -0.25) is 4.99 Å². The van der Waals surface area contributed by atoms with Gasteiger partial charge >= 0.3 is 0 Å². The summed E-state index contributed by atoms with van der Waals surface area (Å²) in [5.41, 5.74) is 1.51. The molecule has 1 saturated heterocycles. The van der Waals surface area contributed by atoms with E-state index in [0.717, 1.165) is 64.6 Å². The molecule has 1 aromatic rings. The number of ether oxygens (including phenoxy) is 2. The zero-order valence-electron chi connectivity index (χ0n) is 19.3. The van der Waals surface area contributed by atoms with Crippen LogP contribution in [0.1, 0.15) is 52.0 Å². The van der Waals surface area contributed by atoms with Crippen molar-refractivity contribution in [2.75, 3.05) is 40.0 Å². The number of rotatable bonds is 10. The zero-order chi connectivity index (χ0) is 21.0. The summed E-state index contributed by atoms with van der Waals surface area (Å²) in [4.78, 5) is 4.36. The maximum Gasteiger partial charge on any atom is 0.190 e. The van der Waals surface area contributed by atoms with Crippen LogP contribution in [0.25, 0.3) is 0 Å². The molecule has 2 N–H and O–H groups in total. The van der Waals surface area contributed by atoms with Crippen LogP contribution in [0.3, 0.4) is 0 Å². The van der Waals surface area contributed by atoms with Crippen LogP contribution < -0.4 is 10.6 Å². The minimum atomic E-state index is 0. The monoisotopic (exact) mass is 531 g/mol. The zero-order valence-corrected chi connectivity index (χ0v) is 21.6. The Morgan fingerprint density at radius 3 is 2.60 bits per heavy atom. The van der Waals surface area contributed by atoms with E-state index in [-0.39, 0.29) is 29.4 Å². The summed E-state index contributed by atoms with van der Waals surface area (Å²) in [5, 5.41) is 6.92. The molecule has 2 unspecified atom stereocenters. The van der Waals surface area contributed by atoms with Crippen LogP contribution in [0.4, 0.5) is 0 Å².